The number of anilines is 1. The number of nitrogens with one attached hydrogen (secondary N) is 1. The maximum absolute atomic E-state index is 12.8. The third-order valence-electron chi connectivity index (χ3n) is 4.60. The van der Waals surface area contributed by atoms with E-state index in [-0.39, 0.29) is 12.1 Å². The molecule has 1 heterocycles. The molecule has 7 heteroatoms. The van der Waals surface area contributed by atoms with Crippen LogP contribution in [0.3, 0.4) is 0 Å². The molecule has 1 aliphatic rings. The van der Waals surface area contributed by atoms with E-state index in [0.717, 1.165) is 36.5 Å². The Morgan fingerprint density at radius 3 is 2.56 bits per heavy atom. The molecule has 0 saturated carbocycles. The fourth-order valence-corrected chi connectivity index (χ4v) is 3.16. The van der Waals surface area contributed by atoms with Crippen LogP contribution in [-0.2, 0) is 17.5 Å². The highest BCUT2D eigenvalue weighted by Crippen LogP contribution is 2.30. The van der Waals surface area contributed by atoms with Crippen LogP contribution < -0.4 is 10.2 Å². The van der Waals surface area contributed by atoms with Crippen LogP contribution in [0.4, 0.5) is 18.9 Å². The molecule has 0 bridgehead atoms. The second kappa shape index (κ2) is 8.73. The predicted octanol–water partition coefficient (Wildman–Crippen LogP) is 3.37. The summed E-state index contributed by atoms with van der Waals surface area (Å²) in [5, 5.41) is 13.4. The van der Waals surface area contributed by atoms with E-state index in [2.05, 4.69) is 10.2 Å². The minimum Gasteiger partial charge on any atom is -0.387 e. The van der Waals surface area contributed by atoms with Crippen molar-refractivity contribution in [3.8, 4) is 0 Å². The van der Waals surface area contributed by atoms with Crippen molar-refractivity contribution in [2.24, 2.45) is 0 Å². The summed E-state index contributed by atoms with van der Waals surface area (Å²) >= 11 is 0. The van der Waals surface area contributed by atoms with Gasteiger partial charge in [0.1, 0.15) is 0 Å². The topological polar surface area (TPSA) is 44.7 Å². The number of hydrogen-bond donors (Lipinski definition) is 2. The maximum Gasteiger partial charge on any atom is 0.416 e. The Balaban J connectivity index is 1.60. The highest BCUT2D eigenvalue weighted by Gasteiger charge is 2.30. The molecule has 1 saturated heterocycles. The van der Waals surface area contributed by atoms with Crippen molar-refractivity contribution in [1.29, 1.82) is 0 Å². The first-order chi connectivity index (χ1) is 12.9. The van der Waals surface area contributed by atoms with E-state index < -0.39 is 17.8 Å². The van der Waals surface area contributed by atoms with E-state index in [1.165, 1.54) is 12.1 Å². The van der Waals surface area contributed by atoms with Crippen molar-refractivity contribution in [2.45, 2.75) is 18.8 Å². The molecule has 0 unspecified atom stereocenters. The van der Waals surface area contributed by atoms with Gasteiger partial charge in [-0.2, -0.15) is 13.2 Å². The average molecular weight is 380 g/mol. The van der Waals surface area contributed by atoms with Crippen molar-refractivity contribution >= 4 is 5.69 Å². The average Bonchev–Trinajstić information content (AvgIpc) is 2.68. The Morgan fingerprint density at radius 1 is 1.07 bits per heavy atom. The second-order valence-corrected chi connectivity index (χ2v) is 6.50. The van der Waals surface area contributed by atoms with Gasteiger partial charge in [-0.15, -0.1) is 0 Å². The quantitative estimate of drug-likeness (QED) is 0.807. The van der Waals surface area contributed by atoms with Crippen molar-refractivity contribution in [3.05, 3.63) is 65.2 Å². The summed E-state index contributed by atoms with van der Waals surface area (Å²) in [4.78, 5) is 2.25. The van der Waals surface area contributed by atoms with E-state index in [1.807, 2.05) is 24.3 Å². The fourth-order valence-electron chi connectivity index (χ4n) is 3.16. The van der Waals surface area contributed by atoms with E-state index >= 15 is 0 Å². The van der Waals surface area contributed by atoms with Crippen molar-refractivity contribution < 1.29 is 23.0 Å². The molecule has 3 rings (SSSR count). The van der Waals surface area contributed by atoms with E-state index in [4.69, 9.17) is 4.74 Å². The zero-order chi connectivity index (χ0) is 19.3. The second-order valence-electron chi connectivity index (χ2n) is 6.50. The number of morpholine rings is 1. The summed E-state index contributed by atoms with van der Waals surface area (Å²) in [6.07, 6.45) is -5.43. The smallest absolute Gasteiger partial charge is 0.387 e. The number of hydrogen-bond acceptors (Lipinski definition) is 4. The largest absolute Gasteiger partial charge is 0.416 e. The standard InChI is InChI=1S/C20H23F3N2O2/c21-20(22,23)17-6-3-5-15(12-17)19(26)14-24-13-16-4-1-2-7-18(16)25-8-10-27-11-9-25/h1-7,12,19,24,26H,8-11,13-14H2/t19-/m1/s1. The Hall–Kier alpha value is -2.09. The van der Waals surface area contributed by atoms with Crippen LogP contribution in [0.15, 0.2) is 48.5 Å². The molecular formula is C20H23F3N2O2. The lowest BCUT2D eigenvalue weighted by Crippen LogP contribution is -2.37. The molecule has 2 aromatic rings. The van der Waals surface area contributed by atoms with Crippen molar-refractivity contribution in [2.75, 3.05) is 37.7 Å². The number of alkyl halides is 3. The zero-order valence-electron chi connectivity index (χ0n) is 14.9. The monoisotopic (exact) mass is 380 g/mol. The summed E-state index contributed by atoms with van der Waals surface area (Å²) < 4.78 is 43.8. The normalized spacial score (nSPS) is 16.4. The molecule has 2 aromatic carbocycles. The molecule has 0 spiro atoms. The molecule has 1 fully saturated rings. The van der Waals surface area contributed by atoms with Gasteiger partial charge in [-0.25, -0.2) is 0 Å². The van der Waals surface area contributed by atoms with Gasteiger partial charge < -0.3 is 20.1 Å². The van der Waals surface area contributed by atoms with E-state index in [9.17, 15) is 18.3 Å². The van der Waals surface area contributed by atoms with Crippen molar-refractivity contribution in [1.82, 2.24) is 5.32 Å². The molecule has 4 nitrogen and oxygen atoms in total. The summed E-state index contributed by atoms with van der Waals surface area (Å²) in [6.45, 7) is 3.71. The Bertz CT molecular complexity index is 746. The molecule has 0 radical (unpaired) electrons. The lowest BCUT2D eigenvalue weighted by Gasteiger charge is -2.30. The number of para-hydroxylation sites is 1. The molecule has 1 aliphatic heterocycles. The fraction of sp³-hybridized carbons (Fsp3) is 0.400. The minimum absolute atomic E-state index is 0.165. The number of halogens is 3. The molecule has 2 N–H and O–H groups in total. The van der Waals surface area contributed by atoms with Gasteiger partial charge >= 0.3 is 6.18 Å². The summed E-state index contributed by atoms with van der Waals surface area (Å²) in [6, 6.07) is 12.8. The Labute approximate surface area is 156 Å². The summed E-state index contributed by atoms with van der Waals surface area (Å²) in [7, 11) is 0. The highest BCUT2D eigenvalue weighted by molar-refractivity contribution is 5.53. The third-order valence-corrected chi connectivity index (χ3v) is 4.60. The first kappa shape index (κ1) is 19.7. The van der Waals surface area contributed by atoms with Crippen molar-refractivity contribution in [3.63, 3.8) is 0 Å². The molecule has 0 aromatic heterocycles. The summed E-state index contributed by atoms with van der Waals surface area (Å²) in [5.74, 6) is 0. The van der Waals surface area contributed by atoms with Crippen LogP contribution in [0.25, 0.3) is 0 Å². The molecule has 27 heavy (non-hydrogen) atoms. The Morgan fingerprint density at radius 2 is 1.81 bits per heavy atom. The van der Waals surface area contributed by atoms with Crippen LogP contribution in [0.2, 0.25) is 0 Å². The van der Waals surface area contributed by atoms with Gasteiger partial charge in [0.2, 0.25) is 0 Å². The SMILES string of the molecule is O[C@H](CNCc1ccccc1N1CCOCC1)c1cccc(C(F)(F)F)c1. The van der Waals surface area contributed by atoms with Crippen LogP contribution in [0.5, 0.6) is 0 Å². The summed E-state index contributed by atoms with van der Waals surface area (Å²) in [5.41, 5.74) is 1.69. The van der Waals surface area contributed by atoms with E-state index in [0.29, 0.717) is 19.8 Å². The van der Waals surface area contributed by atoms with E-state index in [1.54, 1.807) is 0 Å². The lowest BCUT2D eigenvalue weighted by molar-refractivity contribution is -0.137. The van der Waals surface area contributed by atoms with Gasteiger partial charge in [-0.1, -0.05) is 30.3 Å². The van der Waals surface area contributed by atoms with Gasteiger partial charge in [-0.05, 0) is 29.3 Å². The lowest BCUT2D eigenvalue weighted by atomic mass is 10.1. The molecular weight excluding hydrogens is 357 g/mol. The first-order valence-electron chi connectivity index (χ1n) is 8.91. The number of nitrogens with zero attached hydrogens (tertiary/aromatic N) is 1. The van der Waals surface area contributed by atoms with Gasteiger partial charge in [0.15, 0.2) is 0 Å². The predicted molar refractivity (Wildman–Crippen MR) is 97.6 cm³/mol. The number of aliphatic hydroxyl groups excluding tert-OH is 1. The number of rotatable bonds is 6. The molecule has 0 aliphatic carbocycles. The minimum atomic E-state index is -4.42. The van der Waals surface area contributed by atoms with Gasteiger partial charge in [0, 0.05) is 31.9 Å². The molecule has 1 atom stereocenters. The van der Waals surface area contributed by atoms with Crippen LogP contribution in [-0.4, -0.2) is 38.0 Å². The van der Waals surface area contributed by atoms with Crippen LogP contribution in [0.1, 0.15) is 22.8 Å². The zero-order valence-corrected chi connectivity index (χ0v) is 14.9. The van der Waals surface area contributed by atoms with Crippen LogP contribution in [0, 0.1) is 0 Å². The Kier molecular flexibility index (Phi) is 6.36. The highest BCUT2D eigenvalue weighted by atomic mass is 19.4. The molecule has 0 amide bonds. The van der Waals surface area contributed by atoms with Gasteiger partial charge in [-0.3, -0.25) is 0 Å². The molecule has 146 valence electrons. The third kappa shape index (κ3) is 5.22. The van der Waals surface area contributed by atoms with Crippen LogP contribution >= 0.6 is 0 Å². The van der Waals surface area contributed by atoms with Gasteiger partial charge in [0.05, 0.1) is 24.9 Å². The maximum atomic E-state index is 12.8. The number of aliphatic hydroxyl groups is 1. The number of ether oxygens (including phenoxy) is 1. The number of benzene rings is 2. The van der Waals surface area contributed by atoms with Gasteiger partial charge in [0.25, 0.3) is 0 Å². The first-order valence-corrected chi connectivity index (χ1v) is 8.91.